The number of pyridine rings is 1. The molecule has 0 amide bonds. The maximum Gasteiger partial charge on any atom is 0.258 e. The Hall–Kier alpha value is -2.68. The quantitative estimate of drug-likeness (QED) is 0.346. The van der Waals surface area contributed by atoms with Crippen LogP contribution < -0.4 is 10.9 Å². The van der Waals surface area contributed by atoms with Gasteiger partial charge in [-0.05, 0) is 31.0 Å². The Morgan fingerprint density at radius 2 is 2.10 bits per heavy atom. The van der Waals surface area contributed by atoms with Crippen molar-refractivity contribution in [2.75, 3.05) is 18.5 Å². The predicted molar refractivity (Wildman–Crippen MR) is 123 cm³/mol. The molecule has 0 radical (unpaired) electrons. The summed E-state index contributed by atoms with van der Waals surface area (Å²) in [5, 5.41) is 5.57. The fourth-order valence-electron chi connectivity index (χ4n) is 3.61. The van der Waals surface area contributed by atoms with E-state index in [1.54, 1.807) is 18.3 Å². The molecule has 0 bridgehead atoms. The SMILES string of the molecule is O=c1cc(CSc2nc(NCC3CCCO3)c3ccccc3n2)nc2cc(Cl)ccn12. The third kappa shape index (κ3) is 4.51. The van der Waals surface area contributed by atoms with E-state index in [0.29, 0.717) is 27.3 Å². The number of nitrogens with one attached hydrogen (secondary N) is 1. The zero-order valence-electron chi connectivity index (χ0n) is 16.6. The summed E-state index contributed by atoms with van der Waals surface area (Å²) in [5.41, 5.74) is 1.90. The maximum absolute atomic E-state index is 12.4. The van der Waals surface area contributed by atoms with Gasteiger partial charge in [0, 0.05) is 47.6 Å². The zero-order valence-corrected chi connectivity index (χ0v) is 18.2. The molecule has 0 aliphatic carbocycles. The molecule has 7 nitrogen and oxygen atoms in total. The van der Waals surface area contributed by atoms with Crippen LogP contribution in [0.2, 0.25) is 5.02 Å². The molecule has 1 unspecified atom stereocenters. The number of hydrogen-bond acceptors (Lipinski definition) is 7. The second-order valence-electron chi connectivity index (χ2n) is 7.34. The average Bonchev–Trinajstić information content (AvgIpc) is 3.29. The van der Waals surface area contributed by atoms with E-state index >= 15 is 0 Å². The van der Waals surface area contributed by atoms with Gasteiger partial charge < -0.3 is 10.1 Å². The fourth-order valence-corrected chi connectivity index (χ4v) is 4.51. The number of rotatable bonds is 6. The number of anilines is 1. The molecule has 1 aromatic carbocycles. The molecule has 4 aromatic rings. The molecule has 0 spiro atoms. The van der Waals surface area contributed by atoms with Crippen molar-refractivity contribution >= 4 is 45.7 Å². The second kappa shape index (κ2) is 8.82. The maximum atomic E-state index is 12.4. The van der Waals surface area contributed by atoms with Gasteiger partial charge in [-0.3, -0.25) is 9.20 Å². The van der Waals surface area contributed by atoms with Crippen LogP contribution in [-0.4, -0.2) is 38.6 Å². The first-order valence-corrected chi connectivity index (χ1v) is 11.4. The van der Waals surface area contributed by atoms with Crippen LogP contribution in [0, 0.1) is 0 Å². The van der Waals surface area contributed by atoms with Crippen molar-refractivity contribution in [3.05, 3.63) is 69.7 Å². The van der Waals surface area contributed by atoms with Crippen LogP contribution in [-0.2, 0) is 10.5 Å². The van der Waals surface area contributed by atoms with Crippen molar-refractivity contribution in [1.82, 2.24) is 19.4 Å². The van der Waals surface area contributed by atoms with Gasteiger partial charge in [-0.25, -0.2) is 15.0 Å². The lowest BCUT2D eigenvalue weighted by molar-refractivity contribution is 0.120. The number of para-hydroxylation sites is 1. The third-order valence-electron chi connectivity index (χ3n) is 5.14. The van der Waals surface area contributed by atoms with Gasteiger partial charge >= 0.3 is 0 Å². The predicted octanol–water partition coefficient (Wildman–Crippen LogP) is 4.17. The van der Waals surface area contributed by atoms with Crippen molar-refractivity contribution in [2.24, 2.45) is 0 Å². The Balaban J connectivity index is 1.40. The van der Waals surface area contributed by atoms with Crippen LogP contribution in [0.15, 0.2) is 58.6 Å². The number of nitrogens with zero attached hydrogens (tertiary/aromatic N) is 4. The molecule has 3 aromatic heterocycles. The molecular weight excluding hydrogens is 434 g/mol. The molecule has 4 heterocycles. The van der Waals surface area contributed by atoms with Crippen LogP contribution in [0.3, 0.4) is 0 Å². The van der Waals surface area contributed by atoms with Crippen LogP contribution in [0.1, 0.15) is 18.5 Å². The normalized spacial score (nSPS) is 16.2. The Kier molecular flexibility index (Phi) is 5.76. The summed E-state index contributed by atoms with van der Waals surface area (Å²) in [6, 6.07) is 12.8. The molecule has 0 saturated carbocycles. The monoisotopic (exact) mass is 453 g/mol. The highest BCUT2D eigenvalue weighted by Crippen LogP contribution is 2.26. The smallest absolute Gasteiger partial charge is 0.258 e. The summed E-state index contributed by atoms with van der Waals surface area (Å²) >= 11 is 7.49. The molecule has 158 valence electrons. The highest BCUT2D eigenvalue weighted by Gasteiger charge is 2.16. The van der Waals surface area contributed by atoms with Gasteiger partial charge in [-0.1, -0.05) is 35.5 Å². The summed E-state index contributed by atoms with van der Waals surface area (Å²) < 4.78 is 7.19. The van der Waals surface area contributed by atoms with Crippen LogP contribution in [0.4, 0.5) is 5.82 Å². The fraction of sp³-hybridized carbons (Fsp3) is 0.273. The number of thioether (sulfide) groups is 1. The Labute approximate surface area is 187 Å². The van der Waals surface area contributed by atoms with E-state index in [1.165, 1.54) is 22.2 Å². The number of fused-ring (bicyclic) bond motifs is 2. The number of aromatic nitrogens is 4. The van der Waals surface area contributed by atoms with Crippen LogP contribution in [0.25, 0.3) is 16.6 Å². The van der Waals surface area contributed by atoms with E-state index in [1.807, 2.05) is 24.3 Å². The minimum atomic E-state index is -0.143. The first-order valence-electron chi connectivity index (χ1n) is 10.1. The Morgan fingerprint density at radius 1 is 1.19 bits per heavy atom. The molecule has 1 fully saturated rings. The van der Waals surface area contributed by atoms with Gasteiger partial charge in [0.2, 0.25) is 0 Å². The first-order chi connectivity index (χ1) is 15.2. The lowest BCUT2D eigenvalue weighted by atomic mass is 10.2. The largest absolute Gasteiger partial charge is 0.376 e. The highest BCUT2D eigenvalue weighted by atomic mass is 35.5. The summed E-state index contributed by atoms with van der Waals surface area (Å²) in [4.78, 5) is 26.3. The number of halogens is 1. The topological polar surface area (TPSA) is 81.4 Å². The zero-order chi connectivity index (χ0) is 21.2. The summed E-state index contributed by atoms with van der Waals surface area (Å²) in [6.45, 7) is 1.54. The number of benzene rings is 1. The van der Waals surface area contributed by atoms with Crippen molar-refractivity contribution in [2.45, 2.75) is 29.9 Å². The van der Waals surface area contributed by atoms with Gasteiger partial charge in [0.05, 0.1) is 17.3 Å². The van der Waals surface area contributed by atoms with E-state index in [2.05, 4.69) is 15.3 Å². The van der Waals surface area contributed by atoms with Crippen LogP contribution in [0.5, 0.6) is 0 Å². The summed E-state index contributed by atoms with van der Waals surface area (Å²) in [6.07, 6.45) is 4.00. The second-order valence-corrected chi connectivity index (χ2v) is 8.71. The van der Waals surface area contributed by atoms with E-state index < -0.39 is 0 Å². The van der Waals surface area contributed by atoms with E-state index in [0.717, 1.165) is 42.7 Å². The first kappa shape index (κ1) is 20.2. The highest BCUT2D eigenvalue weighted by molar-refractivity contribution is 7.98. The molecule has 1 aliphatic rings. The number of hydrogen-bond donors (Lipinski definition) is 1. The van der Waals surface area contributed by atoms with Crippen molar-refractivity contribution in [3.63, 3.8) is 0 Å². The van der Waals surface area contributed by atoms with Gasteiger partial charge in [0.15, 0.2) is 5.16 Å². The molecule has 1 N–H and O–H groups in total. The van der Waals surface area contributed by atoms with Crippen molar-refractivity contribution in [1.29, 1.82) is 0 Å². The van der Waals surface area contributed by atoms with E-state index in [9.17, 15) is 4.79 Å². The molecule has 1 saturated heterocycles. The minimum Gasteiger partial charge on any atom is -0.376 e. The van der Waals surface area contributed by atoms with E-state index in [4.69, 9.17) is 21.3 Å². The Morgan fingerprint density at radius 3 is 2.97 bits per heavy atom. The lowest BCUT2D eigenvalue weighted by Crippen LogP contribution is -2.19. The molecule has 9 heteroatoms. The van der Waals surface area contributed by atoms with Gasteiger partial charge in [0.1, 0.15) is 11.5 Å². The summed E-state index contributed by atoms with van der Waals surface area (Å²) in [5.74, 6) is 1.27. The van der Waals surface area contributed by atoms with Gasteiger partial charge in [-0.2, -0.15) is 0 Å². The third-order valence-corrected chi connectivity index (χ3v) is 6.25. The molecule has 1 aliphatic heterocycles. The molecule has 31 heavy (non-hydrogen) atoms. The minimum absolute atomic E-state index is 0.143. The van der Waals surface area contributed by atoms with Crippen molar-refractivity contribution in [3.8, 4) is 0 Å². The number of ether oxygens (including phenoxy) is 1. The van der Waals surface area contributed by atoms with Crippen molar-refractivity contribution < 1.29 is 4.74 Å². The van der Waals surface area contributed by atoms with E-state index in [-0.39, 0.29) is 11.7 Å². The van der Waals surface area contributed by atoms with Gasteiger partial charge in [0.25, 0.3) is 5.56 Å². The standard InChI is InChI=1S/C22H20ClN5O2S/c23-14-7-8-28-19(10-14)25-15(11-20(28)29)13-31-22-26-18-6-2-1-5-17(18)21(27-22)24-12-16-4-3-9-30-16/h1-2,5-8,10-11,16H,3-4,9,12-13H2,(H,24,26,27). The Bertz CT molecular complexity index is 1310. The molecule has 1 atom stereocenters. The average molecular weight is 454 g/mol. The van der Waals surface area contributed by atoms with Gasteiger partial charge in [-0.15, -0.1) is 0 Å². The lowest BCUT2D eigenvalue weighted by Gasteiger charge is -2.14. The molecular formula is C22H20ClN5O2S. The van der Waals surface area contributed by atoms with Crippen LogP contribution >= 0.6 is 23.4 Å². The summed E-state index contributed by atoms with van der Waals surface area (Å²) in [7, 11) is 0. The molecule has 5 rings (SSSR count).